The highest BCUT2D eigenvalue weighted by Crippen LogP contribution is 2.32. The molecule has 25 heavy (non-hydrogen) atoms. The van der Waals surface area contributed by atoms with Gasteiger partial charge in [0.1, 0.15) is 0 Å². The Morgan fingerprint density at radius 3 is 2.28 bits per heavy atom. The number of halogens is 1. The van der Waals surface area contributed by atoms with Gasteiger partial charge in [0.25, 0.3) is 0 Å². The highest BCUT2D eigenvalue weighted by Gasteiger charge is 2.04. The highest BCUT2D eigenvalue weighted by atomic mass is 79.9. The van der Waals surface area contributed by atoms with Crippen LogP contribution >= 0.6 is 38.6 Å². The van der Waals surface area contributed by atoms with Crippen LogP contribution in [0.15, 0.2) is 94.1 Å². The monoisotopic (exact) mass is 422 g/mol. The van der Waals surface area contributed by atoms with Gasteiger partial charge in [0.2, 0.25) is 0 Å². The molecule has 0 fully saturated rings. The molecule has 122 valence electrons. The molecule has 0 radical (unpaired) electrons. The number of rotatable bonds is 1. The average molecular weight is 423 g/mol. The van der Waals surface area contributed by atoms with Gasteiger partial charge in [-0.2, -0.15) is 0 Å². The van der Waals surface area contributed by atoms with Gasteiger partial charge in [0, 0.05) is 19.3 Å². The van der Waals surface area contributed by atoms with Crippen molar-refractivity contribution in [3.05, 3.63) is 94.1 Å². The van der Waals surface area contributed by atoms with Gasteiger partial charge in [0.05, 0.1) is 0 Å². The van der Waals surface area contributed by atoms with Crippen LogP contribution in [0, 0.1) is 0 Å². The number of fused-ring (bicyclic) bond motifs is 2. The number of hydrogen-bond acceptors (Lipinski definition) is 2. The number of hydrogen-bond donors (Lipinski definition) is 0. The summed E-state index contributed by atoms with van der Waals surface area (Å²) in [5, 5.41) is 6.95. The van der Waals surface area contributed by atoms with Crippen LogP contribution in [0.1, 0.15) is 0 Å². The van der Waals surface area contributed by atoms with Crippen LogP contribution in [0.25, 0.3) is 31.3 Å². The first-order valence-corrected chi connectivity index (χ1v) is 10.5. The van der Waals surface area contributed by atoms with Crippen molar-refractivity contribution < 1.29 is 0 Å². The zero-order valence-corrected chi connectivity index (χ0v) is 16.6. The van der Waals surface area contributed by atoms with E-state index in [1.54, 1.807) is 22.7 Å². The Morgan fingerprint density at radius 1 is 0.640 bits per heavy atom. The van der Waals surface area contributed by atoms with Gasteiger partial charge in [-0.3, -0.25) is 0 Å². The lowest BCUT2D eigenvalue weighted by Crippen LogP contribution is -1.78. The fourth-order valence-electron chi connectivity index (χ4n) is 2.81. The van der Waals surface area contributed by atoms with Crippen molar-refractivity contribution in [2.24, 2.45) is 0 Å². The molecular formula is C22H15BrS2. The molecule has 2 heterocycles. The predicted octanol–water partition coefficient (Wildman–Crippen LogP) is 8.23. The van der Waals surface area contributed by atoms with E-state index in [4.69, 9.17) is 0 Å². The van der Waals surface area contributed by atoms with Crippen LogP contribution in [0.4, 0.5) is 0 Å². The van der Waals surface area contributed by atoms with E-state index < -0.39 is 0 Å². The highest BCUT2D eigenvalue weighted by molar-refractivity contribution is 9.10. The summed E-state index contributed by atoms with van der Waals surface area (Å²) < 4.78 is 3.84. The summed E-state index contributed by atoms with van der Waals surface area (Å²) in [5.74, 6) is 0. The summed E-state index contributed by atoms with van der Waals surface area (Å²) in [7, 11) is 0. The van der Waals surface area contributed by atoms with Gasteiger partial charge in [-0.15, -0.1) is 22.7 Å². The Kier molecular flexibility index (Phi) is 4.97. The summed E-state index contributed by atoms with van der Waals surface area (Å²) in [6, 6.07) is 27.6. The Hall–Kier alpha value is -1.94. The minimum absolute atomic E-state index is 1.12. The van der Waals surface area contributed by atoms with Crippen molar-refractivity contribution >= 4 is 58.8 Å². The van der Waals surface area contributed by atoms with E-state index in [0.29, 0.717) is 0 Å². The van der Waals surface area contributed by atoms with Crippen LogP contribution in [0.5, 0.6) is 0 Å². The number of benzene rings is 3. The fraction of sp³-hybridized carbons (Fsp3) is 0. The van der Waals surface area contributed by atoms with Gasteiger partial charge >= 0.3 is 0 Å². The molecule has 0 atom stereocenters. The lowest BCUT2D eigenvalue weighted by atomic mass is 10.0. The fourth-order valence-corrected chi connectivity index (χ4v) is 4.81. The van der Waals surface area contributed by atoms with E-state index in [1.165, 1.54) is 31.3 Å². The molecule has 5 rings (SSSR count). The maximum atomic E-state index is 3.52. The second kappa shape index (κ2) is 7.52. The minimum Gasteiger partial charge on any atom is -0.144 e. The third-order valence-electron chi connectivity index (χ3n) is 3.99. The molecule has 0 bridgehead atoms. The molecule has 5 aromatic rings. The minimum atomic E-state index is 1.12. The molecule has 0 amide bonds. The van der Waals surface area contributed by atoms with E-state index in [9.17, 15) is 0 Å². The first-order chi connectivity index (χ1) is 12.3. The molecule has 0 saturated carbocycles. The molecule has 0 spiro atoms. The third-order valence-corrected chi connectivity index (χ3v) is 6.27. The summed E-state index contributed by atoms with van der Waals surface area (Å²) in [4.78, 5) is 0. The molecule has 3 heteroatoms. The number of thiophene rings is 2. The second-order valence-corrected chi connectivity index (χ2v) is 8.42. The first-order valence-electron chi connectivity index (χ1n) is 7.96. The van der Waals surface area contributed by atoms with Gasteiger partial charge in [0.15, 0.2) is 0 Å². The quantitative estimate of drug-likeness (QED) is 0.255. The molecule has 0 aliphatic rings. The van der Waals surface area contributed by atoms with Crippen LogP contribution in [-0.2, 0) is 0 Å². The van der Waals surface area contributed by atoms with Gasteiger partial charge < -0.3 is 0 Å². The van der Waals surface area contributed by atoms with E-state index in [1.807, 2.05) is 0 Å². The first kappa shape index (κ1) is 16.5. The largest absolute Gasteiger partial charge is 0.144 e. The normalized spacial score (nSPS) is 10.6. The Morgan fingerprint density at radius 2 is 1.40 bits per heavy atom. The molecule has 0 aliphatic heterocycles. The lowest BCUT2D eigenvalue weighted by molar-refractivity contribution is 1.62. The van der Waals surface area contributed by atoms with Crippen LogP contribution in [0.3, 0.4) is 0 Å². The second-order valence-electron chi connectivity index (χ2n) is 5.61. The van der Waals surface area contributed by atoms with Crippen molar-refractivity contribution in [2.75, 3.05) is 0 Å². The summed E-state index contributed by atoms with van der Waals surface area (Å²) in [5.41, 5.74) is 2.57. The summed E-state index contributed by atoms with van der Waals surface area (Å²) in [6.07, 6.45) is 0. The molecule has 2 aromatic heterocycles. The maximum absolute atomic E-state index is 3.52. The average Bonchev–Trinajstić information content (AvgIpc) is 3.31. The summed E-state index contributed by atoms with van der Waals surface area (Å²) in [6.45, 7) is 0. The van der Waals surface area contributed by atoms with Gasteiger partial charge in [-0.05, 0) is 63.7 Å². The SMILES string of the molecule is Brc1cccc(-c2cccc3sccc23)c1.c1ccc2sccc2c1. The zero-order valence-electron chi connectivity index (χ0n) is 13.4. The molecule has 0 unspecified atom stereocenters. The van der Waals surface area contributed by atoms with Crippen molar-refractivity contribution in [3.8, 4) is 11.1 Å². The molecule has 0 nitrogen and oxygen atoms in total. The summed E-state index contributed by atoms with van der Waals surface area (Å²) >= 11 is 7.09. The Labute approximate surface area is 163 Å². The van der Waals surface area contributed by atoms with Crippen LogP contribution < -0.4 is 0 Å². The molecule has 0 N–H and O–H groups in total. The van der Waals surface area contributed by atoms with Crippen molar-refractivity contribution in [3.63, 3.8) is 0 Å². The molecule has 0 aliphatic carbocycles. The molecule has 3 aromatic carbocycles. The third kappa shape index (κ3) is 3.69. The zero-order chi connectivity index (χ0) is 17.1. The predicted molar refractivity (Wildman–Crippen MR) is 117 cm³/mol. The molecule has 0 saturated heterocycles. The Bertz CT molecular complexity index is 1090. The van der Waals surface area contributed by atoms with Gasteiger partial charge in [-0.1, -0.05) is 58.4 Å². The van der Waals surface area contributed by atoms with E-state index in [2.05, 4.69) is 106 Å². The maximum Gasteiger partial charge on any atom is 0.0348 e. The lowest BCUT2D eigenvalue weighted by Gasteiger charge is -2.04. The Balaban J connectivity index is 0.000000147. The van der Waals surface area contributed by atoms with E-state index in [0.717, 1.165) is 4.47 Å². The smallest absolute Gasteiger partial charge is 0.0348 e. The van der Waals surface area contributed by atoms with Gasteiger partial charge in [-0.25, -0.2) is 0 Å². The van der Waals surface area contributed by atoms with Crippen molar-refractivity contribution in [1.82, 2.24) is 0 Å². The van der Waals surface area contributed by atoms with Crippen LogP contribution in [-0.4, -0.2) is 0 Å². The van der Waals surface area contributed by atoms with E-state index >= 15 is 0 Å². The van der Waals surface area contributed by atoms with Crippen molar-refractivity contribution in [2.45, 2.75) is 0 Å². The van der Waals surface area contributed by atoms with Crippen molar-refractivity contribution in [1.29, 1.82) is 0 Å². The molecular weight excluding hydrogens is 408 g/mol. The van der Waals surface area contributed by atoms with Crippen LogP contribution in [0.2, 0.25) is 0 Å². The standard InChI is InChI=1S/C14H9BrS.C8H6S/c15-11-4-1-3-10(9-11)12-5-2-6-14-13(12)7-8-16-14;1-2-4-8-7(3-1)5-6-9-8/h1-9H;1-6H. The topological polar surface area (TPSA) is 0 Å². The van der Waals surface area contributed by atoms with E-state index in [-0.39, 0.29) is 0 Å².